The molecule has 0 amide bonds. The lowest BCUT2D eigenvalue weighted by Gasteiger charge is -2.35. The second-order valence-corrected chi connectivity index (χ2v) is 11.6. The smallest absolute Gasteiger partial charge is 0.210 e. The average molecular weight is 560 g/mol. The van der Waals surface area contributed by atoms with Crippen molar-refractivity contribution in [2.24, 2.45) is 0 Å². The zero-order valence-corrected chi connectivity index (χ0v) is 23.0. The normalized spacial score (nSPS) is 16.2. The van der Waals surface area contributed by atoms with E-state index in [0.717, 1.165) is 83.4 Å². The van der Waals surface area contributed by atoms with E-state index in [1.807, 2.05) is 36.4 Å². The van der Waals surface area contributed by atoms with Gasteiger partial charge in [-0.15, -0.1) is 10.2 Å². The monoisotopic (exact) mass is 559 g/mol. The molecule has 0 bridgehead atoms. The summed E-state index contributed by atoms with van der Waals surface area (Å²) in [7, 11) is 2.16. The van der Waals surface area contributed by atoms with Gasteiger partial charge in [-0.3, -0.25) is 0 Å². The summed E-state index contributed by atoms with van der Waals surface area (Å²) in [4.78, 5) is 9.84. The molecule has 2 aliphatic rings. The van der Waals surface area contributed by atoms with Crippen LogP contribution in [0.3, 0.4) is 0 Å². The maximum atomic E-state index is 13.7. The number of benzene rings is 3. The molecule has 1 saturated heterocycles. The van der Waals surface area contributed by atoms with Crippen molar-refractivity contribution in [3.8, 4) is 22.0 Å². The number of nitrogens with one attached hydrogen (secondary N) is 1. The number of piperazine rings is 1. The van der Waals surface area contributed by atoms with Crippen molar-refractivity contribution in [3.63, 3.8) is 0 Å². The zero-order valence-electron chi connectivity index (χ0n) is 21.4. The molecule has 1 N–H and O–H groups in total. The fourth-order valence-corrected chi connectivity index (χ4v) is 6.25. The summed E-state index contributed by atoms with van der Waals surface area (Å²) in [6, 6.07) is 19.1. The van der Waals surface area contributed by atoms with E-state index in [-0.39, 0.29) is 5.82 Å². The van der Waals surface area contributed by atoms with E-state index in [1.54, 1.807) is 0 Å². The van der Waals surface area contributed by atoms with Crippen molar-refractivity contribution in [3.05, 3.63) is 71.5 Å². The third-order valence-corrected chi connectivity index (χ3v) is 8.64. The fraction of sp³-hybridized carbons (Fsp3) is 0.276. The SMILES string of the molecule is CN1CCN(c2cc3c(cc2Nc2nnc(-c4ccccc4Cl)s2)nc(-c2ccc(F)cc2)n3C2CC2)CC1. The van der Waals surface area contributed by atoms with E-state index < -0.39 is 0 Å². The van der Waals surface area contributed by atoms with Gasteiger partial charge in [0.15, 0.2) is 5.01 Å². The van der Waals surface area contributed by atoms with Gasteiger partial charge in [-0.25, -0.2) is 9.37 Å². The molecule has 7 nitrogen and oxygen atoms in total. The summed E-state index contributed by atoms with van der Waals surface area (Å²) in [6.45, 7) is 3.85. The van der Waals surface area contributed by atoms with Crippen LogP contribution in [-0.4, -0.2) is 57.9 Å². The quantitative estimate of drug-likeness (QED) is 0.246. The molecule has 0 unspecified atom stereocenters. The number of likely N-dealkylation sites (N-methyl/N-ethyl adjacent to an activating group) is 1. The highest BCUT2D eigenvalue weighted by atomic mass is 35.5. The fourth-order valence-electron chi connectivity index (χ4n) is 5.18. The number of nitrogens with zero attached hydrogens (tertiary/aromatic N) is 6. The van der Waals surface area contributed by atoms with Crippen molar-refractivity contribution in [2.45, 2.75) is 18.9 Å². The molecule has 2 fully saturated rings. The number of imidazole rings is 1. The van der Waals surface area contributed by atoms with E-state index in [1.165, 1.54) is 23.5 Å². The van der Waals surface area contributed by atoms with Crippen LogP contribution >= 0.6 is 22.9 Å². The van der Waals surface area contributed by atoms with Crippen molar-refractivity contribution < 1.29 is 4.39 Å². The summed E-state index contributed by atoms with van der Waals surface area (Å²) in [6.07, 6.45) is 2.25. The summed E-state index contributed by atoms with van der Waals surface area (Å²) in [5, 5.41) is 14.5. The first kappa shape index (κ1) is 24.5. The van der Waals surface area contributed by atoms with Crippen LogP contribution in [0.4, 0.5) is 20.9 Å². The summed E-state index contributed by atoms with van der Waals surface area (Å²) >= 11 is 7.89. The standard InChI is InChI=1S/C29H27ClFN7S/c1-36-12-14-37(15-13-36)25-17-26-24(32-27(38(26)20-10-11-20)18-6-8-19(31)9-7-18)16-23(25)33-29-35-34-28(39-29)21-4-2-3-5-22(21)30/h2-9,16-17,20H,10-15H2,1H3,(H,33,35). The molecule has 3 heterocycles. The lowest BCUT2D eigenvalue weighted by Crippen LogP contribution is -2.44. The molecular formula is C29H27ClFN7S. The number of halogens is 2. The molecule has 1 aliphatic carbocycles. The highest BCUT2D eigenvalue weighted by Crippen LogP contribution is 2.44. The Labute approximate surface area is 234 Å². The van der Waals surface area contributed by atoms with Crippen molar-refractivity contribution in [1.29, 1.82) is 0 Å². The van der Waals surface area contributed by atoms with Gasteiger partial charge in [0, 0.05) is 43.3 Å². The Morgan fingerprint density at radius 1 is 0.974 bits per heavy atom. The second-order valence-electron chi connectivity index (χ2n) is 10.2. The van der Waals surface area contributed by atoms with Crippen LogP contribution in [-0.2, 0) is 0 Å². The highest BCUT2D eigenvalue weighted by Gasteiger charge is 2.30. The highest BCUT2D eigenvalue weighted by molar-refractivity contribution is 7.18. The molecule has 198 valence electrons. The Morgan fingerprint density at radius 3 is 2.49 bits per heavy atom. The zero-order chi connectivity index (χ0) is 26.5. The maximum Gasteiger partial charge on any atom is 0.210 e. The van der Waals surface area contributed by atoms with Crippen molar-refractivity contribution >= 4 is 50.5 Å². The van der Waals surface area contributed by atoms with Gasteiger partial charge < -0.3 is 19.7 Å². The lowest BCUT2D eigenvalue weighted by molar-refractivity contribution is 0.313. The summed E-state index contributed by atoms with van der Waals surface area (Å²) in [5.41, 5.74) is 5.86. The second kappa shape index (κ2) is 9.89. The number of rotatable bonds is 6. The molecule has 5 aromatic rings. The average Bonchev–Trinajstić information content (AvgIpc) is 3.56. The molecule has 0 atom stereocenters. The summed E-state index contributed by atoms with van der Waals surface area (Å²) in [5.74, 6) is 0.635. The van der Waals surface area contributed by atoms with E-state index in [2.05, 4.69) is 49.1 Å². The van der Waals surface area contributed by atoms with Gasteiger partial charge >= 0.3 is 0 Å². The van der Waals surface area contributed by atoms with E-state index in [0.29, 0.717) is 16.2 Å². The molecule has 0 spiro atoms. The van der Waals surface area contributed by atoms with Crippen LogP contribution in [0.5, 0.6) is 0 Å². The van der Waals surface area contributed by atoms with Crippen LogP contribution in [0.2, 0.25) is 5.02 Å². The predicted molar refractivity (Wildman–Crippen MR) is 157 cm³/mol. The Balaban J connectivity index is 1.33. The first-order valence-electron chi connectivity index (χ1n) is 13.1. The van der Waals surface area contributed by atoms with E-state index >= 15 is 0 Å². The third-order valence-electron chi connectivity index (χ3n) is 7.44. The van der Waals surface area contributed by atoms with Gasteiger partial charge in [-0.1, -0.05) is 41.1 Å². The maximum absolute atomic E-state index is 13.7. The molecule has 1 saturated carbocycles. The van der Waals surface area contributed by atoms with Crippen molar-refractivity contribution in [2.75, 3.05) is 43.4 Å². The molecule has 2 aromatic heterocycles. The number of hydrogen-bond donors (Lipinski definition) is 1. The lowest BCUT2D eigenvalue weighted by atomic mass is 10.2. The molecule has 10 heteroatoms. The predicted octanol–water partition coefficient (Wildman–Crippen LogP) is 6.84. The topological polar surface area (TPSA) is 62.1 Å². The van der Waals surface area contributed by atoms with E-state index in [4.69, 9.17) is 16.6 Å². The summed E-state index contributed by atoms with van der Waals surface area (Å²) < 4.78 is 16.0. The minimum absolute atomic E-state index is 0.245. The number of anilines is 3. The molecule has 39 heavy (non-hydrogen) atoms. The Bertz CT molecular complexity index is 1650. The molecule has 7 rings (SSSR count). The van der Waals surface area contributed by atoms with Crippen LogP contribution in [0, 0.1) is 5.82 Å². The number of hydrogen-bond acceptors (Lipinski definition) is 7. The van der Waals surface area contributed by atoms with Gasteiger partial charge in [-0.2, -0.15) is 0 Å². The first-order valence-corrected chi connectivity index (χ1v) is 14.3. The third kappa shape index (κ3) is 4.75. The Hall–Kier alpha value is -3.53. The van der Waals surface area contributed by atoms with Crippen molar-refractivity contribution in [1.82, 2.24) is 24.6 Å². The van der Waals surface area contributed by atoms with Gasteiger partial charge in [0.2, 0.25) is 5.13 Å². The first-order chi connectivity index (χ1) is 19.0. The van der Waals surface area contributed by atoms with E-state index in [9.17, 15) is 4.39 Å². The molecule has 0 radical (unpaired) electrons. The van der Waals surface area contributed by atoms with Gasteiger partial charge in [0.25, 0.3) is 0 Å². The molecule has 3 aromatic carbocycles. The van der Waals surface area contributed by atoms with Crippen LogP contribution in [0.25, 0.3) is 33.0 Å². The molecule has 1 aliphatic heterocycles. The van der Waals surface area contributed by atoms with Gasteiger partial charge in [0.05, 0.1) is 27.4 Å². The minimum atomic E-state index is -0.245. The number of aromatic nitrogens is 4. The number of fused-ring (bicyclic) bond motifs is 1. The van der Waals surface area contributed by atoms with Crippen LogP contribution < -0.4 is 10.2 Å². The van der Waals surface area contributed by atoms with Gasteiger partial charge in [0.1, 0.15) is 11.6 Å². The Morgan fingerprint density at radius 2 is 1.74 bits per heavy atom. The minimum Gasteiger partial charge on any atom is -0.367 e. The van der Waals surface area contributed by atoms with Crippen LogP contribution in [0.15, 0.2) is 60.7 Å². The largest absolute Gasteiger partial charge is 0.367 e. The van der Waals surface area contributed by atoms with Gasteiger partial charge in [-0.05, 0) is 62.4 Å². The van der Waals surface area contributed by atoms with Crippen LogP contribution in [0.1, 0.15) is 18.9 Å². The molecular weight excluding hydrogens is 533 g/mol. The Kier molecular flexibility index (Phi) is 6.22.